The van der Waals surface area contributed by atoms with E-state index in [1.54, 1.807) is 11.8 Å². The summed E-state index contributed by atoms with van der Waals surface area (Å²) in [5.74, 6) is 1.59. The molecule has 1 N–H and O–H groups in total. The maximum Gasteiger partial charge on any atom is 0.417 e. The van der Waals surface area contributed by atoms with Gasteiger partial charge < -0.3 is 5.32 Å². The number of aromatic nitrogens is 1. The molecule has 0 saturated heterocycles. The number of pyridine rings is 1. The van der Waals surface area contributed by atoms with Gasteiger partial charge >= 0.3 is 6.18 Å². The lowest BCUT2D eigenvalue weighted by molar-refractivity contribution is -0.137. The predicted octanol–water partition coefficient (Wildman–Crippen LogP) is 3.66. The molecule has 0 bridgehead atoms. The van der Waals surface area contributed by atoms with Crippen LogP contribution in [0.1, 0.15) is 18.4 Å². The number of rotatable bonds is 6. The molecule has 96 valence electrons. The van der Waals surface area contributed by atoms with Crippen molar-refractivity contribution < 1.29 is 13.2 Å². The highest BCUT2D eigenvalue weighted by Crippen LogP contribution is 2.28. The molecule has 0 atom stereocenters. The number of unbranched alkanes of at least 4 members (excludes halogenated alkanes) is 1. The lowest BCUT2D eigenvalue weighted by atomic mass is 10.3. The fraction of sp³-hybridized carbons (Fsp3) is 0.545. The number of thioether (sulfide) groups is 1. The summed E-state index contributed by atoms with van der Waals surface area (Å²) in [4.78, 5) is 3.73. The molecule has 0 amide bonds. The van der Waals surface area contributed by atoms with Crippen molar-refractivity contribution in [3.8, 4) is 0 Å². The summed E-state index contributed by atoms with van der Waals surface area (Å²) in [6.07, 6.45) is 0.664. The third-order valence-electron chi connectivity index (χ3n) is 2.17. The fourth-order valence-electron chi connectivity index (χ4n) is 1.25. The molecule has 0 aliphatic carbocycles. The van der Waals surface area contributed by atoms with Crippen LogP contribution in [0.3, 0.4) is 0 Å². The Morgan fingerprint density at radius 2 is 2.06 bits per heavy atom. The molecule has 17 heavy (non-hydrogen) atoms. The van der Waals surface area contributed by atoms with Crippen LogP contribution >= 0.6 is 11.8 Å². The normalized spacial score (nSPS) is 11.5. The van der Waals surface area contributed by atoms with Crippen molar-refractivity contribution in [2.45, 2.75) is 19.0 Å². The molecule has 1 aromatic rings. The van der Waals surface area contributed by atoms with E-state index in [0.29, 0.717) is 5.82 Å². The van der Waals surface area contributed by atoms with Crippen LogP contribution in [-0.4, -0.2) is 23.5 Å². The van der Waals surface area contributed by atoms with E-state index in [9.17, 15) is 13.2 Å². The Kier molecular flexibility index (Phi) is 5.61. The first-order chi connectivity index (χ1) is 8.04. The molecular formula is C11H15F3N2S. The summed E-state index contributed by atoms with van der Waals surface area (Å²) in [6.45, 7) is 0.735. The molecule has 1 heterocycles. The van der Waals surface area contributed by atoms with E-state index in [0.717, 1.165) is 37.4 Å². The Morgan fingerprint density at radius 3 is 2.59 bits per heavy atom. The van der Waals surface area contributed by atoms with Crippen molar-refractivity contribution in [1.82, 2.24) is 4.98 Å². The first-order valence-corrected chi connectivity index (χ1v) is 6.69. The van der Waals surface area contributed by atoms with Gasteiger partial charge in [-0.1, -0.05) is 0 Å². The standard InChI is InChI=1S/C11H15F3N2S/c1-17-7-3-2-6-15-10-5-4-9(8-16-10)11(12,13)14/h4-5,8H,2-3,6-7H2,1H3,(H,15,16). The van der Waals surface area contributed by atoms with Crippen LogP contribution in [0.15, 0.2) is 18.3 Å². The zero-order valence-corrected chi connectivity index (χ0v) is 10.4. The number of hydrogen-bond donors (Lipinski definition) is 1. The van der Waals surface area contributed by atoms with Crippen LogP contribution in [0, 0.1) is 0 Å². The van der Waals surface area contributed by atoms with Crippen LogP contribution in [0.2, 0.25) is 0 Å². The minimum absolute atomic E-state index is 0.488. The van der Waals surface area contributed by atoms with Crippen molar-refractivity contribution in [3.63, 3.8) is 0 Å². The van der Waals surface area contributed by atoms with Crippen LogP contribution in [0.4, 0.5) is 19.0 Å². The van der Waals surface area contributed by atoms with Gasteiger partial charge in [-0.05, 0) is 37.0 Å². The average Bonchev–Trinajstić information content (AvgIpc) is 2.28. The number of nitrogens with zero attached hydrogens (tertiary/aromatic N) is 1. The summed E-state index contributed by atoms with van der Waals surface area (Å²) in [5.41, 5.74) is -0.717. The minimum Gasteiger partial charge on any atom is -0.370 e. The van der Waals surface area contributed by atoms with Crippen LogP contribution in [0.5, 0.6) is 0 Å². The quantitative estimate of drug-likeness (QED) is 0.794. The van der Waals surface area contributed by atoms with Gasteiger partial charge in [-0.3, -0.25) is 0 Å². The zero-order valence-electron chi connectivity index (χ0n) is 9.55. The van der Waals surface area contributed by atoms with Gasteiger partial charge in [0.2, 0.25) is 0 Å². The predicted molar refractivity (Wildman–Crippen MR) is 65.3 cm³/mol. The second-order valence-corrected chi connectivity index (χ2v) is 4.54. The van der Waals surface area contributed by atoms with Gasteiger partial charge in [0.1, 0.15) is 5.82 Å². The second kappa shape index (κ2) is 6.74. The Bertz CT molecular complexity index is 324. The molecular weight excluding hydrogens is 249 g/mol. The number of anilines is 1. The molecule has 6 heteroatoms. The summed E-state index contributed by atoms with van der Waals surface area (Å²) in [7, 11) is 0. The average molecular weight is 264 g/mol. The van der Waals surface area contributed by atoms with Crippen molar-refractivity contribution in [2.75, 3.05) is 23.9 Å². The number of hydrogen-bond acceptors (Lipinski definition) is 3. The van der Waals surface area contributed by atoms with E-state index in [2.05, 4.69) is 10.3 Å². The monoisotopic (exact) mass is 264 g/mol. The topological polar surface area (TPSA) is 24.9 Å². The SMILES string of the molecule is CSCCCCNc1ccc(C(F)(F)F)cn1. The molecule has 0 saturated carbocycles. The largest absolute Gasteiger partial charge is 0.417 e. The first-order valence-electron chi connectivity index (χ1n) is 5.30. The van der Waals surface area contributed by atoms with Gasteiger partial charge in [0.05, 0.1) is 5.56 Å². The van der Waals surface area contributed by atoms with E-state index in [1.165, 1.54) is 6.07 Å². The smallest absolute Gasteiger partial charge is 0.370 e. The van der Waals surface area contributed by atoms with E-state index >= 15 is 0 Å². The summed E-state index contributed by atoms with van der Waals surface area (Å²) in [6, 6.07) is 2.40. The zero-order chi connectivity index (χ0) is 12.7. The summed E-state index contributed by atoms with van der Waals surface area (Å²) in [5, 5.41) is 2.99. The fourth-order valence-corrected chi connectivity index (χ4v) is 1.75. The van der Waals surface area contributed by atoms with Gasteiger partial charge in [-0.15, -0.1) is 0 Å². The molecule has 0 aliphatic heterocycles. The maximum absolute atomic E-state index is 12.2. The Balaban J connectivity index is 2.36. The lowest BCUT2D eigenvalue weighted by Crippen LogP contribution is -2.07. The second-order valence-electron chi connectivity index (χ2n) is 3.56. The minimum atomic E-state index is -4.32. The molecule has 1 aromatic heterocycles. The molecule has 0 radical (unpaired) electrons. The number of alkyl halides is 3. The molecule has 0 aliphatic rings. The van der Waals surface area contributed by atoms with Gasteiger partial charge in [-0.25, -0.2) is 4.98 Å². The van der Waals surface area contributed by atoms with Crippen LogP contribution < -0.4 is 5.32 Å². The highest BCUT2D eigenvalue weighted by atomic mass is 32.2. The number of nitrogens with one attached hydrogen (secondary N) is 1. The van der Waals surface area contributed by atoms with Gasteiger partial charge in [0, 0.05) is 12.7 Å². The van der Waals surface area contributed by atoms with Gasteiger partial charge in [0.25, 0.3) is 0 Å². The Hall–Kier alpha value is -0.910. The maximum atomic E-state index is 12.2. The third kappa shape index (κ3) is 5.30. The summed E-state index contributed by atoms with van der Waals surface area (Å²) < 4.78 is 36.7. The molecule has 0 spiro atoms. The highest BCUT2D eigenvalue weighted by Gasteiger charge is 2.30. The van der Waals surface area contributed by atoms with E-state index in [1.807, 2.05) is 6.26 Å². The molecule has 0 aromatic carbocycles. The molecule has 1 rings (SSSR count). The van der Waals surface area contributed by atoms with Crippen molar-refractivity contribution >= 4 is 17.6 Å². The summed E-state index contributed by atoms with van der Waals surface area (Å²) >= 11 is 1.78. The number of halogens is 3. The first kappa shape index (κ1) is 14.2. The van der Waals surface area contributed by atoms with Crippen molar-refractivity contribution in [3.05, 3.63) is 23.9 Å². The van der Waals surface area contributed by atoms with Crippen molar-refractivity contribution in [1.29, 1.82) is 0 Å². The molecule has 0 unspecified atom stereocenters. The van der Waals surface area contributed by atoms with E-state index in [-0.39, 0.29) is 0 Å². The van der Waals surface area contributed by atoms with Gasteiger partial charge in [-0.2, -0.15) is 24.9 Å². The highest BCUT2D eigenvalue weighted by molar-refractivity contribution is 7.98. The Morgan fingerprint density at radius 1 is 1.29 bits per heavy atom. The van der Waals surface area contributed by atoms with Crippen molar-refractivity contribution in [2.24, 2.45) is 0 Å². The van der Waals surface area contributed by atoms with Crippen LogP contribution in [-0.2, 0) is 6.18 Å². The lowest BCUT2D eigenvalue weighted by Gasteiger charge is -2.08. The van der Waals surface area contributed by atoms with Gasteiger partial charge in [0.15, 0.2) is 0 Å². The van der Waals surface area contributed by atoms with E-state index < -0.39 is 11.7 Å². The Labute approximate surface area is 103 Å². The van der Waals surface area contributed by atoms with Crippen LogP contribution in [0.25, 0.3) is 0 Å². The molecule has 2 nitrogen and oxygen atoms in total. The third-order valence-corrected chi connectivity index (χ3v) is 2.87. The molecule has 0 fully saturated rings. The van der Waals surface area contributed by atoms with E-state index in [4.69, 9.17) is 0 Å².